The third-order valence-electron chi connectivity index (χ3n) is 4.48. The molecule has 3 atom stereocenters. The van der Waals surface area contributed by atoms with E-state index in [-0.39, 0.29) is 5.41 Å². The number of methoxy groups -OCH3 is 1. The Morgan fingerprint density at radius 3 is 2.67 bits per heavy atom. The van der Waals surface area contributed by atoms with E-state index in [4.69, 9.17) is 9.47 Å². The van der Waals surface area contributed by atoms with Gasteiger partial charge in [-0.25, -0.2) is 0 Å². The number of ether oxygens (including phenoxy) is 2. The maximum atomic E-state index is 9.97. The fourth-order valence-corrected chi connectivity index (χ4v) is 2.86. The normalized spacial score (nSPS) is 25.3. The molecule has 0 amide bonds. The first kappa shape index (κ1) is 16.4. The van der Waals surface area contributed by atoms with Crippen LogP contribution in [0, 0.1) is 5.41 Å². The van der Waals surface area contributed by atoms with Gasteiger partial charge in [0.25, 0.3) is 0 Å². The largest absolute Gasteiger partial charge is 0.389 e. The van der Waals surface area contributed by atoms with Gasteiger partial charge in [0.15, 0.2) is 0 Å². The van der Waals surface area contributed by atoms with Crippen molar-refractivity contribution in [3.8, 4) is 0 Å². The van der Waals surface area contributed by atoms with Crippen LogP contribution in [0.1, 0.15) is 25.8 Å². The van der Waals surface area contributed by atoms with Gasteiger partial charge in [0, 0.05) is 25.1 Å². The van der Waals surface area contributed by atoms with E-state index in [1.807, 2.05) is 30.3 Å². The number of hydrogen-bond donors (Lipinski definition) is 2. The zero-order valence-electron chi connectivity index (χ0n) is 13.2. The first-order valence-electron chi connectivity index (χ1n) is 7.60. The van der Waals surface area contributed by atoms with Gasteiger partial charge in [-0.1, -0.05) is 44.2 Å². The van der Waals surface area contributed by atoms with Gasteiger partial charge >= 0.3 is 0 Å². The van der Waals surface area contributed by atoms with E-state index in [0.717, 1.165) is 12.0 Å². The van der Waals surface area contributed by atoms with Gasteiger partial charge in [-0.3, -0.25) is 0 Å². The number of benzene rings is 1. The molecule has 2 rings (SSSR count). The Bertz CT molecular complexity index is 421. The van der Waals surface area contributed by atoms with Crippen LogP contribution in [0.4, 0.5) is 0 Å². The van der Waals surface area contributed by atoms with Gasteiger partial charge in [-0.2, -0.15) is 0 Å². The van der Waals surface area contributed by atoms with Crippen molar-refractivity contribution < 1.29 is 14.6 Å². The highest BCUT2D eigenvalue weighted by atomic mass is 16.5. The van der Waals surface area contributed by atoms with Crippen molar-refractivity contribution >= 4 is 0 Å². The lowest BCUT2D eigenvalue weighted by Crippen LogP contribution is -2.61. The van der Waals surface area contributed by atoms with E-state index in [9.17, 15) is 5.11 Å². The van der Waals surface area contributed by atoms with E-state index >= 15 is 0 Å². The molecule has 3 unspecified atom stereocenters. The second kappa shape index (κ2) is 7.36. The summed E-state index contributed by atoms with van der Waals surface area (Å²) in [5.74, 6) is 0. The molecule has 4 nitrogen and oxygen atoms in total. The summed E-state index contributed by atoms with van der Waals surface area (Å²) in [4.78, 5) is 0. The summed E-state index contributed by atoms with van der Waals surface area (Å²) >= 11 is 0. The Hall–Kier alpha value is -0.940. The number of nitrogens with one attached hydrogen (secondary N) is 1. The number of hydrogen-bond acceptors (Lipinski definition) is 4. The van der Waals surface area contributed by atoms with Crippen molar-refractivity contribution in [1.82, 2.24) is 5.32 Å². The molecule has 1 aliphatic carbocycles. The molecule has 0 bridgehead atoms. The highest BCUT2D eigenvalue weighted by Gasteiger charge is 2.48. The molecule has 1 aliphatic rings. The van der Waals surface area contributed by atoms with E-state index in [2.05, 4.69) is 19.2 Å². The quantitative estimate of drug-likeness (QED) is 0.769. The molecule has 0 aliphatic heterocycles. The van der Waals surface area contributed by atoms with Gasteiger partial charge < -0.3 is 19.9 Å². The first-order valence-corrected chi connectivity index (χ1v) is 7.60. The topological polar surface area (TPSA) is 50.7 Å². The van der Waals surface area contributed by atoms with Crippen LogP contribution >= 0.6 is 0 Å². The zero-order chi connectivity index (χ0) is 15.3. The van der Waals surface area contributed by atoms with Crippen molar-refractivity contribution in [2.75, 3.05) is 20.3 Å². The summed E-state index contributed by atoms with van der Waals surface area (Å²) in [5.41, 5.74) is 1.25. The monoisotopic (exact) mass is 293 g/mol. The number of aliphatic hydroxyl groups excluding tert-OH is 1. The van der Waals surface area contributed by atoms with E-state index < -0.39 is 6.10 Å². The maximum absolute atomic E-state index is 9.97. The van der Waals surface area contributed by atoms with Crippen LogP contribution in [0.15, 0.2) is 30.3 Å². The Morgan fingerprint density at radius 1 is 1.33 bits per heavy atom. The van der Waals surface area contributed by atoms with Gasteiger partial charge in [0.2, 0.25) is 0 Å². The minimum absolute atomic E-state index is 0.124. The van der Waals surface area contributed by atoms with E-state index in [0.29, 0.717) is 31.9 Å². The number of aliphatic hydroxyl groups is 1. The van der Waals surface area contributed by atoms with Crippen LogP contribution in [0.25, 0.3) is 0 Å². The Labute approximate surface area is 127 Å². The first-order chi connectivity index (χ1) is 10.0. The second-order valence-corrected chi connectivity index (χ2v) is 6.40. The molecule has 1 aromatic rings. The molecule has 1 aromatic carbocycles. The number of rotatable bonds is 8. The molecular formula is C17H27NO3. The van der Waals surface area contributed by atoms with Crippen LogP contribution < -0.4 is 5.32 Å². The predicted octanol–water partition coefficient (Wildman–Crippen LogP) is 1.97. The lowest BCUT2D eigenvalue weighted by molar-refractivity contribution is -0.100. The van der Waals surface area contributed by atoms with Crippen molar-refractivity contribution in [2.24, 2.45) is 5.41 Å². The average molecular weight is 293 g/mol. The van der Waals surface area contributed by atoms with Crippen LogP contribution in [0.2, 0.25) is 0 Å². The third kappa shape index (κ3) is 4.27. The Balaban J connectivity index is 1.61. The van der Waals surface area contributed by atoms with Crippen LogP contribution in [0.5, 0.6) is 0 Å². The molecule has 0 heterocycles. The van der Waals surface area contributed by atoms with Crippen LogP contribution in [-0.4, -0.2) is 43.6 Å². The summed E-state index contributed by atoms with van der Waals surface area (Å²) in [5, 5.41) is 13.4. The molecule has 1 fully saturated rings. The smallest absolute Gasteiger partial charge is 0.0897 e. The van der Waals surface area contributed by atoms with Gasteiger partial charge in [0.05, 0.1) is 25.4 Å². The van der Waals surface area contributed by atoms with Gasteiger partial charge in [0.1, 0.15) is 0 Å². The average Bonchev–Trinajstić information content (AvgIpc) is 2.47. The zero-order valence-corrected chi connectivity index (χ0v) is 13.2. The summed E-state index contributed by atoms with van der Waals surface area (Å²) in [6, 6.07) is 10.4. The van der Waals surface area contributed by atoms with Crippen LogP contribution in [0.3, 0.4) is 0 Å². The highest BCUT2D eigenvalue weighted by Crippen LogP contribution is 2.42. The van der Waals surface area contributed by atoms with Crippen LogP contribution in [-0.2, 0) is 16.1 Å². The molecular weight excluding hydrogens is 266 g/mol. The molecule has 21 heavy (non-hydrogen) atoms. The molecule has 0 spiro atoms. The third-order valence-corrected chi connectivity index (χ3v) is 4.48. The minimum Gasteiger partial charge on any atom is -0.389 e. The molecule has 118 valence electrons. The van der Waals surface area contributed by atoms with Crippen molar-refractivity contribution in [3.63, 3.8) is 0 Å². The fourth-order valence-electron chi connectivity index (χ4n) is 2.86. The summed E-state index contributed by atoms with van der Waals surface area (Å²) in [6.07, 6.45) is 0.828. The Kier molecular flexibility index (Phi) is 5.76. The lowest BCUT2D eigenvalue weighted by atomic mass is 9.64. The summed E-state index contributed by atoms with van der Waals surface area (Å²) < 4.78 is 11.0. The maximum Gasteiger partial charge on any atom is 0.0897 e. The van der Waals surface area contributed by atoms with Gasteiger partial charge in [-0.15, -0.1) is 0 Å². The second-order valence-electron chi connectivity index (χ2n) is 6.40. The fraction of sp³-hybridized carbons (Fsp3) is 0.647. The van der Waals surface area contributed by atoms with Crippen molar-refractivity contribution in [3.05, 3.63) is 35.9 Å². The highest BCUT2D eigenvalue weighted by molar-refractivity contribution is 5.13. The SMILES string of the molecule is COC1CC(NCC(O)COCc2ccccc2)C1(C)C. The molecule has 4 heteroatoms. The van der Waals surface area contributed by atoms with E-state index in [1.54, 1.807) is 7.11 Å². The lowest BCUT2D eigenvalue weighted by Gasteiger charge is -2.51. The van der Waals surface area contributed by atoms with Gasteiger partial charge in [-0.05, 0) is 12.0 Å². The summed E-state index contributed by atoms with van der Waals surface area (Å²) in [6.45, 7) is 5.84. The molecule has 2 N–H and O–H groups in total. The summed E-state index contributed by atoms with van der Waals surface area (Å²) in [7, 11) is 1.76. The molecule has 0 aromatic heterocycles. The molecule has 1 saturated carbocycles. The van der Waals surface area contributed by atoms with Crippen molar-refractivity contribution in [2.45, 2.75) is 45.1 Å². The van der Waals surface area contributed by atoms with Crippen molar-refractivity contribution in [1.29, 1.82) is 0 Å². The standard InChI is InChI=1S/C17H27NO3/c1-17(2)15(9-16(17)20-3)18-10-14(19)12-21-11-13-7-5-4-6-8-13/h4-8,14-16,18-19H,9-12H2,1-3H3. The predicted molar refractivity (Wildman–Crippen MR) is 83.1 cm³/mol. The van der Waals surface area contributed by atoms with E-state index in [1.165, 1.54) is 0 Å². The minimum atomic E-state index is -0.480. The molecule has 0 radical (unpaired) electrons. The molecule has 0 saturated heterocycles. The Morgan fingerprint density at radius 2 is 2.05 bits per heavy atom.